The second-order valence-electron chi connectivity index (χ2n) is 5.61. The molecule has 1 aromatic heterocycles. The van der Waals surface area contributed by atoms with Gasteiger partial charge < -0.3 is 5.11 Å². The van der Waals surface area contributed by atoms with Crippen LogP contribution in [0, 0.1) is 12.8 Å². The predicted octanol–water partition coefficient (Wildman–Crippen LogP) is 2.05. The molecule has 3 heteroatoms. The van der Waals surface area contributed by atoms with E-state index in [9.17, 15) is 5.11 Å². The van der Waals surface area contributed by atoms with Gasteiger partial charge in [0.1, 0.15) is 0 Å². The molecule has 100 valence electrons. The van der Waals surface area contributed by atoms with Gasteiger partial charge in [-0.2, -0.15) is 5.10 Å². The molecule has 1 unspecified atom stereocenters. The Bertz CT molecular complexity index is 563. The lowest BCUT2D eigenvalue weighted by Crippen LogP contribution is -2.24. The van der Waals surface area contributed by atoms with E-state index in [2.05, 4.69) is 35.4 Å². The fourth-order valence-corrected chi connectivity index (χ4v) is 3.10. The van der Waals surface area contributed by atoms with Gasteiger partial charge in [-0.25, -0.2) is 0 Å². The second-order valence-corrected chi connectivity index (χ2v) is 5.61. The summed E-state index contributed by atoms with van der Waals surface area (Å²) in [5, 5.41) is 14.8. The fourth-order valence-electron chi connectivity index (χ4n) is 3.10. The first-order valence-electron chi connectivity index (χ1n) is 6.88. The van der Waals surface area contributed by atoms with Crippen molar-refractivity contribution < 1.29 is 5.11 Å². The maximum Gasteiger partial charge on any atom is 0.0630 e. The highest BCUT2D eigenvalue weighted by Crippen LogP contribution is 2.29. The van der Waals surface area contributed by atoms with Gasteiger partial charge in [0.25, 0.3) is 0 Å². The molecular weight excluding hydrogens is 236 g/mol. The Labute approximate surface area is 113 Å². The van der Waals surface area contributed by atoms with Crippen LogP contribution in [0.25, 0.3) is 0 Å². The summed E-state index contributed by atoms with van der Waals surface area (Å²) >= 11 is 0. The van der Waals surface area contributed by atoms with Crippen molar-refractivity contribution >= 4 is 0 Å². The van der Waals surface area contributed by atoms with Gasteiger partial charge in [0, 0.05) is 19.2 Å². The number of hydrogen-bond acceptors (Lipinski definition) is 2. The highest BCUT2D eigenvalue weighted by Gasteiger charge is 2.27. The van der Waals surface area contributed by atoms with E-state index >= 15 is 0 Å². The van der Waals surface area contributed by atoms with E-state index in [-0.39, 0.29) is 6.10 Å². The van der Waals surface area contributed by atoms with Crippen LogP contribution in [0.1, 0.15) is 22.5 Å². The number of aryl methyl sites for hydroxylation is 2. The molecule has 0 aliphatic heterocycles. The summed E-state index contributed by atoms with van der Waals surface area (Å²) in [5.74, 6) is 0.340. The van der Waals surface area contributed by atoms with Crippen LogP contribution in [0.4, 0.5) is 0 Å². The molecule has 0 saturated heterocycles. The smallest absolute Gasteiger partial charge is 0.0630 e. The van der Waals surface area contributed by atoms with Crippen LogP contribution < -0.4 is 0 Å². The molecule has 19 heavy (non-hydrogen) atoms. The summed E-state index contributed by atoms with van der Waals surface area (Å²) in [7, 11) is 1.94. The van der Waals surface area contributed by atoms with Gasteiger partial charge in [-0.15, -0.1) is 0 Å². The summed E-state index contributed by atoms with van der Waals surface area (Å²) in [4.78, 5) is 0. The molecule has 1 atom stereocenters. The number of aliphatic hydroxyl groups excluding tert-OH is 1. The average molecular weight is 256 g/mol. The van der Waals surface area contributed by atoms with Gasteiger partial charge in [0.2, 0.25) is 0 Å². The van der Waals surface area contributed by atoms with E-state index in [0.29, 0.717) is 12.3 Å². The minimum Gasteiger partial charge on any atom is -0.392 e. The Morgan fingerprint density at radius 3 is 2.47 bits per heavy atom. The third-order valence-electron chi connectivity index (χ3n) is 4.14. The number of aliphatic hydroxyl groups is 1. The summed E-state index contributed by atoms with van der Waals surface area (Å²) in [6.45, 7) is 1.99. The average Bonchev–Trinajstić information content (AvgIpc) is 2.93. The summed E-state index contributed by atoms with van der Waals surface area (Å²) in [6, 6.07) is 10.6. The molecule has 1 N–H and O–H groups in total. The van der Waals surface area contributed by atoms with Gasteiger partial charge >= 0.3 is 0 Å². The Balaban J connectivity index is 1.70. The zero-order chi connectivity index (χ0) is 13.4. The third kappa shape index (κ3) is 2.43. The van der Waals surface area contributed by atoms with E-state index in [1.165, 1.54) is 11.1 Å². The largest absolute Gasteiger partial charge is 0.392 e. The Hall–Kier alpha value is -1.61. The lowest BCUT2D eigenvalue weighted by Gasteiger charge is -2.17. The molecule has 0 amide bonds. The number of benzene rings is 1. The Morgan fingerprint density at radius 2 is 1.95 bits per heavy atom. The summed E-state index contributed by atoms with van der Waals surface area (Å²) in [5.41, 5.74) is 4.92. The number of nitrogens with zero attached hydrogens (tertiary/aromatic N) is 2. The van der Waals surface area contributed by atoms with Crippen molar-refractivity contribution in [1.29, 1.82) is 0 Å². The summed E-state index contributed by atoms with van der Waals surface area (Å²) < 4.78 is 1.88. The Kier molecular flexibility index (Phi) is 3.15. The zero-order valence-electron chi connectivity index (χ0n) is 11.5. The van der Waals surface area contributed by atoms with Gasteiger partial charge in [-0.1, -0.05) is 24.3 Å². The third-order valence-corrected chi connectivity index (χ3v) is 4.14. The van der Waals surface area contributed by atoms with Gasteiger partial charge in [0.05, 0.1) is 11.8 Å². The van der Waals surface area contributed by atoms with Crippen molar-refractivity contribution in [3.8, 4) is 0 Å². The topological polar surface area (TPSA) is 38.0 Å². The van der Waals surface area contributed by atoms with Gasteiger partial charge in [-0.3, -0.25) is 4.68 Å². The maximum atomic E-state index is 10.5. The predicted molar refractivity (Wildman–Crippen MR) is 75.0 cm³/mol. The quantitative estimate of drug-likeness (QED) is 0.912. The van der Waals surface area contributed by atoms with E-state index in [1.807, 2.05) is 18.7 Å². The molecular formula is C16H20N2O. The molecule has 1 heterocycles. The number of aromatic nitrogens is 2. The lowest BCUT2D eigenvalue weighted by atomic mass is 9.95. The van der Waals surface area contributed by atoms with Crippen molar-refractivity contribution in [2.45, 2.75) is 32.3 Å². The molecule has 1 aliphatic rings. The monoisotopic (exact) mass is 256 g/mol. The van der Waals surface area contributed by atoms with Crippen molar-refractivity contribution in [2.24, 2.45) is 13.0 Å². The van der Waals surface area contributed by atoms with Gasteiger partial charge in [0.15, 0.2) is 0 Å². The van der Waals surface area contributed by atoms with Crippen LogP contribution in [0.3, 0.4) is 0 Å². The zero-order valence-corrected chi connectivity index (χ0v) is 11.5. The fraction of sp³-hybridized carbons (Fsp3) is 0.438. The first kappa shape index (κ1) is 12.4. The Morgan fingerprint density at radius 1 is 1.32 bits per heavy atom. The molecule has 0 spiro atoms. The van der Waals surface area contributed by atoms with Crippen molar-refractivity contribution in [3.63, 3.8) is 0 Å². The van der Waals surface area contributed by atoms with E-state index in [0.717, 1.165) is 24.2 Å². The van der Waals surface area contributed by atoms with Crippen molar-refractivity contribution in [2.75, 3.05) is 0 Å². The molecule has 0 saturated carbocycles. The summed E-state index contributed by atoms with van der Waals surface area (Å²) in [6.07, 6.45) is 2.39. The molecule has 1 aromatic carbocycles. The van der Waals surface area contributed by atoms with Crippen LogP contribution in [-0.2, 0) is 26.3 Å². The van der Waals surface area contributed by atoms with E-state index in [1.54, 1.807) is 0 Å². The first-order chi connectivity index (χ1) is 9.13. The van der Waals surface area contributed by atoms with Crippen molar-refractivity contribution in [3.05, 3.63) is 52.8 Å². The molecule has 3 rings (SSSR count). The van der Waals surface area contributed by atoms with Gasteiger partial charge in [-0.05, 0) is 42.9 Å². The standard InChI is InChI=1S/C16H20N2O/c1-11-7-15(18(2)17-11)10-16(19)14-8-12-5-3-4-6-13(12)9-14/h3-7,14,16,19H,8-10H2,1-2H3. The van der Waals surface area contributed by atoms with E-state index in [4.69, 9.17) is 0 Å². The second kappa shape index (κ2) is 4.82. The highest BCUT2D eigenvalue weighted by atomic mass is 16.3. The number of rotatable bonds is 3. The molecule has 0 fully saturated rings. The molecule has 0 radical (unpaired) electrons. The SMILES string of the molecule is Cc1cc(CC(O)C2Cc3ccccc3C2)n(C)n1. The minimum absolute atomic E-state index is 0.290. The number of hydrogen-bond donors (Lipinski definition) is 1. The molecule has 2 aromatic rings. The van der Waals surface area contributed by atoms with Crippen LogP contribution >= 0.6 is 0 Å². The highest BCUT2D eigenvalue weighted by molar-refractivity contribution is 5.32. The molecule has 3 nitrogen and oxygen atoms in total. The lowest BCUT2D eigenvalue weighted by molar-refractivity contribution is 0.111. The van der Waals surface area contributed by atoms with Crippen LogP contribution in [0.15, 0.2) is 30.3 Å². The normalized spacial score (nSPS) is 16.6. The molecule has 1 aliphatic carbocycles. The van der Waals surface area contributed by atoms with Crippen LogP contribution in [0.5, 0.6) is 0 Å². The first-order valence-corrected chi connectivity index (χ1v) is 6.88. The molecule has 0 bridgehead atoms. The van der Waals surface area contributed by atoms with Crippen LogP contribution in [-0.4, -0.2) is 21.0 Å². The number of fused-ring (bicyclic) bond motifs is 1. The van der Waals surface area contributed by atoms with Crippen molar-refractivity contribution in [1.82, 2.24) is 9.78 Å². The van der Waals surface area contributed by atoms with E-state index < -0.39 is 0 Å². The van der Waals surface area contributed by atoms with Crippen LogP contribution in [0.2, 0.25) is 0 Å². The minimum atomic E-state index is -0.290. The maximum absolute atomic E-state index is 10.5.